The normalized spacial score (nSPS) is 12.3. The van der Waals surface area contributed by atoms with Crippen molar-refractivity contribution in [2.75, 3.05) is 26.5 Å². The summed E-state index contributed by atoms with van der Waals surface area (Å²) in [5.41, 5.74) is 7.16. The molecule has 0 radical (unpaired) electrons. The third kappa shape index (κ3) is 6.47. The van der Waals surface area contributed by atoms with Crippen LogP contribution in [-0.4, -0.2) is 57.3 Å². The van der Waals surface area contributed by atoms with Gasteiger partial charge in [0.2, 0.25) is 10.0 Å². The maximum atomic E-state index is 13.1. The maximum Gasteiger partial charge on any atom is 0.305 e. The lowest BCUT2D eigenvalue weighted by Gasteiger charge is -2.22. The van der Waals surface area contributed by atoms with Crippen LogP contribution >= 0.6 is 0 Å². The smallest absolute Gasteiger partial charge is 0.305 e. The van der Waals surface area contributed by atoms with E-state index in [0.717, 1.165) is 21.4 Å². The zero-order valence-electron chi connectivity index (χ0n) is 19.3. The van der Waals surface area contributed by atoms with Gasteiger partial charge >= 0.3 is 5.97 Å². The van der Waals surface area contributed by atoms with Crippen LogP contribution in [0.2, 0.25) is 0 Å². The summed E-state index contributed by atoms with van der Waals surface area (Å²) in [7, 11) is -1.92. The quantitative estimate of drug-likeness (QED) is 0.267. The van der Waals surface area contributed by atoms with Crippen LogP contribution in [0, 0.1) is 0 Å². The molecule has 0 spiro atoms. The van der Waals surface area contributed by atoms with Crippen molar-refractivity contribution in [1.82, 2.24) is 9.79 Å². The highest BCUT2D eigenvalue weighted by Gasteiger charge is 2.32. The number of likely N-dealkylation sites (N-methyl/N-ethyl adjacent to an activating group) is 1. The van der Waals surface area contributed by atoms with E-state index in [1.54, 1.807) is 0 Å². The zero-order valence-corrected chi connectivity index (χ0v) is 20.1. The number of nitrogens with two attached hydrogens (primary N) is 1. The number of hydroxylamine groups is 2. The van der Waals surface area contributed by atoms with Crippen molar-refractivity contribution < 1.29 is 32.7 Å². The summed E-state index contributed by atoms with van der Waals surface area (Å²) in [6, 6.07) is 16.2. The van der Waals surface area contributed by atoms with Gasteiger partial charge in [-0.05, 0) is 28.5 Å². The number of hydrogen-bond acceptors (Lipinski definition) is 7. The van der Waals surface area contributed by atoms with Crippen molar-refractivity contribution in [3.05, 3.63) is 66.2 Å². The van der Waals surface area contributed by atoms with Crippen molar-refractivity contribution in [2.45, 2.75) is 23.8 Å². The minimum atomic E-state index is -4.37. The second-order valence-electron chi connectivity index (χ2n) is 7.73. The first-order chi connectivity index (χ1) is 16.6. The first-order valence-corrected chi connectivity index (χ1v) is 12.2. The molecule has 3 aromatic rings. The molecule has 0 aliphatic heterocycles. The number of sulfonamides is 1. The first kappa shape index (κ1) is 25.9. The van der Waals surface area contributed by atoms with Crippen molar-refractivity contribution >= 4 is 38.4 Å². The Morgan fingerprint density at radius 2 is 1.83 bits per heavy atom. The number of hydrogen-bond donors (Lipinski definition) is 3. The van der Waals surface area contributed by atoms with E-state index in [2.05, 4.69) is 4.72 Å². The summed E-state index contributed by atoms with van der Waals surface area (Å²) in [4.78, 5) is 28.2. The summed E-state index contributed by atoms with van der Waals surface area (Å²) in [5.74, 6) is -2.24. The molecule has 0 fully saturated rings. The number of carbonyl (C=O) groups is 2. The average molecular weight is 502 g/mol. The number of anilines is 1. The highest BCUT2D eigenvalue weighted by atomic mass is 32.2. The molecule has 0 saturated carbocycles. The van der Waals surface area contributed by atoms with Crippen molar-refractivity contribution in [1.29, 1.82) is 0 Å². The van der Waals surface area contributed by atoms with Gasteiger partial charge < -0.3 is 15.6 Å². The lowest BCUT2D eigenvalue weighted by Crippen LogP contribution is -2.48. The molecule has 3 aromatic carbocycles. The summed E-state index contributed by atoms with van der Waals surface area (Å²) in [6.07, 6.45) is -0.278. The summed E-state index contributed by atoms with van der Waals surface area (Å²) < 4.78 is 34.2. The predicted octanol–water partition coefficient (Wildman–Crippen LogP) is 2.18. The molecule has 3 rings (SSSR count). The number of rotatable bonds is 11. The Hall–Kier alpha value is -3.67. The fourth-order valence-electron chi connectivity index (χ4n) is 3.56. The Balaban J connectivity index is 1.83. The molecule has 1 amide bonds. The van der Waals surface area contributed by atoms with Crippen LogP contribution in [0.25, 0.3) is 10.8 Å². The van der Waals surface area contributed by atoms with E-state index in [9.17, 15) is 18.0 Å². The number of nitrogens with zero attached hydrogens (tertiary/aromatic N) is 1. The van der Waals surface area contributed by atoms with Crippen molar-refractivity contribution in [2.24, 2.45) is 0 Å². The number of amides is 1. The van der Waals surface area contributed by atoms with Gasteiger partial charge in [0.05, 0.1) is 20.1 Å². The lowest BCUT2D eigenvalue weighted by molar-refractivity contribution is -0.171. The summed E-state index contributed by atoms with van der Waals surface area (Å²) >= 11 is 0. The van der Waals surface area contributed by atoms with Crippen LogP contribution in [-0.2, 0) is 30.9 Å². The van der Waals surface area contributed by atoms with Gasteiger partial charge in [0.15, 0.2) is 0 Å². The predicted molar refractivity (Wildman–Crippen MR) is 130 cm³/mol. The number of nitrogen functional groups attached to an aromatic ring is 1. The molecule has 0 saturated heterocycles. The molecule has 11 heteroatoms. The van der Waals surface area contributed by atoms with Crippen LogP contribution < -0.4 is 15.2 Å². The molecule has 0 bridgehead atoms. The third-order valence-corrected chi connectivity index (χ3v) is 6.84. The standard InChI is InChI=1S/C24H27N3O7S/c1-27(33-2)24(30)20(15-23(28)29)26-35(31,32)22-11-10-18(25)14-21(22)34-13-12-17-8-5-7-16-6-3-4-9-19(16)17/h3-11,14,20,26H,12-13,15,25H2,1-2H3,(H,28,29). The number of aliphatic carboxylic acids is 1. The molecule has 186 valence electrons. The van der Waals surface area contributed by atoms with Gasteiger partial charge in [-0.15, -0.1) is 0 Å². The topological polar surface area (TPSA) is 148 Å². The Morgan fingerprint density at radius 3 is 2.54 bits per heavy atom. The molecule has 1 unspecified atom stereocenters. The molecule has 35 heavy (non-hydrogen) atoms. The molecule has 0 aliphatic rings. The number of carboxylic acid groups (broad SMARTS) is 1. The number of benzene rings is 3. The lowest BCUT2D eigenvalue weighted by atomic mass is 10.0. The van der Waals surface area contributed by atoms with Crippen LogP contribution in [0.5, 0.6) is 5.75 Å². The molecule has 0 aromatic heterocycles. The van der Waals surface area contributed by atoms with Gasteiger partial charge in [-0.1, -0.05) is 42.5 Å². The fraction of sp³-hybridized carbons (Fsp3) is 0.250. The Labute approximate surface area is 203 Å². The van der Waals surface area contributed by atoms with Gasteiger partial charge in [-0.25, -0.2) is 13.5 Å². The van der Waals surface area contributed by atoms with Crippen molar-refractivity contribution in [3.8, 4) is 5.75 Å². The minimum absolute atomic E-state index is 0.0145. The third-order valence-electron chi connectivity index (χ3n) is 5.32. The van der Waals surface area contributed by atoms with Crippen LogP contribution in [0.15, 0.2) is 65.6 Å². The molecule has 1 atom stereocenters. The van der Waals surface area contributed by atoms with E-state index >= 15 is 0 Å². The minimum Gasteiger partial charge on any atom is -0.492 e. The van der Waals surface area contributed by atoms with Gasteiger partial charge in [-0.3, -0.25) is 14.4 Å². The fourth-order valence-corrected chi connectivity index (χ4v) is 4.87. The van der Waals surface area contributed by atoms with Gasteiger partial charge in [-0.2, -0.15) is 4.72 Å². The molecular weight excluding hydrogens is 474 g/mol. The van der Waals surface area contributed by atoms with E-state index in [4.69, 9.17) is 20.4 Å². The molecule has 4 N–H and O–H groups in total. The number of carbonyl (C=O) groups excluding carboxylic acids is 1. The largest absolute Gasteiger partial charge is 0.492 e. The van der Waals surface area contributed by atoms with Crippen LogP contribution in [0.3, 0.4) is 0 Å². The van der Waals surface area contributed by atoms with E-state index in [-0.39, 0.29) is 22.9 Å². The maximum absolute atomic E-state index is 13.1. The van der Waals surface area contributed by atoms with E-state index in [1.165, 1.54) is 32.4 Å². The Morgan fingerprint density at radius 1 is 1.11 bits per heavy atom. The van der Waals surface area contributed by atoms with E-state index in [1.807, 2.05) is 42.5 Å². The number of nitrogens with one attached hydrogen (secondary N) is 1. The second kappa shape index (κ2) is 11.2. The first-order valence-electron chi connectivity index (χ1n) is 10.7. The monoisotopic (exact) mass is 501 g/mol. The van der Waals surface area contributed by atoms with Gasteiger partial charge in [0.25, 0.3) is 5.91 Å². The highest BCUT2D eigenvalue weighted by molar-refractivity contribution is 7.89. The summed E-state index contributed by atoms with van der Waals surface area (Å²) in [5, 5.41) is 12.1. The van der Waals surface area contributed by atoms with Crippen LogP contribution in [0.1, 0.15) is 12.0 Å². The number of fused-ring (bicyclic) bond motifs is 1. The molecular formula is C24H27N3O7S. The average Bonchev–Trinajstić information content (AvgIpc) is 2.82. The summed E-state index contributed by atoms with van der Waals surface area (Å²) in [6.45, 7) is 0.157. The molecule has 0 heterocycles. The second-order valence-corrected chi connectivity index (χ2v) is 9.42. The zero-order chi connectivity index (χ0) is 25.6. The Bertz CT molecular complexity index is 1320. The Kier molecular flexibility index (Phi) is 8.28. The van der Waals surface area contributed by atoms with Gasteiger partial charge in [0.1, 0.15) is 16.7 Å². The number of ether oxygens (including phenoxy) is 1. The van der Waals surface area contributed by atoms with Crippen LogP contribution in [0.4, 0.5) is 5.69 Å². The SMILES string of the molecule is CON(C)C(=O)C(CC(=O)O)NS(=O)(=O)c1ccc(N)cc1OCCc1cccc2ccccc12. The van der Waals surface area contributed by atoms with E-state index < -0.39 is 34.4 Å². The highest BCUT2D eigenvalue weighted by Crippen LogP contribution is 2.27. The molecule has 10 nitrogen and oxygen atoms in total. The van der Waals surface area contributed by atoms with Crippen molar-refractivity contribution in [3.63, 3.8) is 0 Å². The molecule has 0 aliphatic carbocycles. The van der Waals surface area contributed by atoms with E-state index in [0.29, 0.717) is 6.42 Å². The van der Waals surface area contributed by atoms with Gasteiger partial charge in [0, 0.05) is 25.2 Å². The number of carboxylic acids is 1.